The van der Waals surface area contributed by atoms with Gasteiger partial charge in [0.1, 0.15) is 0 Å². The van der Waals surface area contributed by atoms with Crippen molar-refractivity contribution in [2.45, 2.75) is 12.8 Å². The van der Waals surface area contributed by atoms with E-state index in [1.165, 1.54) is 19.2 Å². The number of ether oxygens (including phenoxy) is 3. The van der Waals surface area contributed by atoms with E-state index in [2.05, 4.69) is 5.32 Å². The second-order valence-electron chi connectivity index (χ2n) is 5.43. The third-order valence-electron chi connectivity index (χ3n) is 3.75. The van der Waals surface area contributed by atoms with Gasteiger partial charge in [-0.15, -0.1) is 0 Å². The average Bonchev–Trinajstić information content (AvgIpc) is 3.03. The van der Waals surface area contributed by atoms with Gasteiger partial charge in [-0.25, -0.2) is 4.39 Å². The number of amides is 1. The summed E-state index contributed by atoms with van der Waals surface area (Å²) in [5, 5.41) is 2.83. The molecular weight excluding hydrogens is 313 g/mol. The Hall–Kier alpha value is -2.76. The second kappa shape index (κ2) is 7.21. The minimum Gasteiger partial charge on any atom is -0.494 e. The van der Waals surface area contributed by atoms with Crippen molar-refractivity contribution in [2.24, 2.45) is 0 Å². The van der Waals surface area contributed by atoms with Crippen LogP contribution in [0.25, 0.3) is 0 Å². The molecule has 0 bridgehead atoms. The fourth-order valence-electron chi connectivity index (χ4n) is 2.51. The molecule has 5 nitrogen and oxygen atoms in total. The molecule has 1 aliphatic heterocycles. The maximum Gasteiger partial charge on any atom is 0.231 e. The molecule has 0 radical (unpaired) electrons. The molecule has 2 aromatic carbocycles. The number of nitrogens with one attached hydrogen (secondary N) is 1. The van der Waals surface area contributed by atoms with Crippen LogP contribution < -0.4 is 19.5 Å². The molecule has 0 saturated heterocycles. The van der Waals surface area contributed by atoms with Crippen LogP contribution in [0.15, 0.2) is 36.4 Å². The number of fused-ring (bicyclic) bond motifs is 1. The molecule has 1 amide bonds. The lowest BCUT2D eigenvalue weighted by atomic mass is 10.1. The Morgan fingerprint density at radius 2 is 1.96 bits per heavy atom. The SMILES string of the molecule is COc1ccc(CC(=O)NCCc2ccc3c(c2)OCO3)cc1F. The molecule has 0 aromatic heterocycles. The van der Waals surface area contributed by atoms with Gasteiger partial charge in [-0.1, -0.05) is 12.1 Å². The molecule has 0 atom stereocenters. The molecule has 0 fully saturated rings. The minimum atomic E-state index is -0.469. The van der Waals surface area contributed by atoms with Crippen molar-refractivity contribution in [1.29, 1.82) is 0 Å². The first-order valence-electron chi connectivity index (χ1n) is 7.63. The molecule has 1 heterocycles. The predicted molar refractivity (Wildman–Crippen MR) is 85.9 cm³/mol. The summed E-state index contributed by atoms with van der Waals surface area (Å²) in [5.41, 5.74) is 1.66. The third-order valence-corrected chi connectivity index (χ3v) is 3.75. The molecule has 0 saturated carbocycles. The monoisotopic (exact) mass is 331 g/mol. The highest BCUT2D eigenvalue weighted by molar-refractivity contribution is 5.78. The number of methoxy groups -OCH3 is 1. The van der Waals surface area contributed by atoms with E-state index >= 15 is 0 Å². The minimum absolute atomic E-state index is 0.127. The maximum absolute atomic E-state index is 13.6. The Kier molecular flexibility index (Phi) is 4.84. The zero-order valence-electron chi connectivity index (χ0n) is 13.3. The summed E-state index contributed by atoms with van der Waals surface area (Å²) in [5.74, 6) is 1.02. The Morgan fingerprint density at radius 1 is 1.17 bits per heavy atom. The molecule has 6 heteroatoms. The Morgan fingerprint density at radius 3 is 2.75 bits per heavy atom. The highest BCUT2D eigenvalue weighted by atomic mass is 19.1. The van der Waals surface area contributed by atoms with Crippen LogP contribution in [0, 0.1) is 5.82 Å². The quantitative estimate of drug-likeness (QED) is 0.883. The maximum atomic E-state index is 13.6. The van der Waals surface area contributed by atoms with E-state index in [1.54, 1.807) is 6.07 Å². The molecule has 0 aliphatic carbocycles. The Balaban J connectivity index is 1.48. The Bertz CT molecular complexity index is 748. The van der Waals surface area contributed by atoms with Crippen molar-refractivity contribution in [2.75, 3.05) is 20.4 Å². The van der Waals surface area contributed by atoms with Crippen LogP contribution in [0.2, 0.25) is 0 Å². The molecule has 0 unspecified atom stereocenters. The molecule has 0 spiro atoms. The van der Waals surface area contributed by atoms with E-state index in [0.717, 1.165) is 17.1 Å². The van der Waals surface area contributed by atoms with Crippen molar-refractivity contribution in [1.82, 2.24) is 5.32 Å². The lowest BCUT2D eigenvalue weighted by Crippen LogP contribution is -2.27. The zero-order valence-corrected chi connectivity index (χ0v) is 13.3. The van der Waals surface area contributed by atoms with Crippen LogP contribution in [-0.4, -0.2) is 26.4 Å². The van der Waals surface area contributed by atoms with Crippen molar-refractivity contribution in [3.05, 3.63) is 53.3 Å². The number of carbonyl (C=O) groups is 1. The molecule has 2 aromatic rings. The third kappa shape index (κ3) is 3.76. The largest absolute Gasteiger partial charge is 0.494 e. The zero-order chi connectivity index (χ0) is 16.9. The fourth-order valence-corrected chi connectivity index (χ4v) is 2.51. The summed E-state index contributed by atoms with van der Waals surface area (Å²) < 4.78 is 29.0. The average molecular weight is 331 g/mol. The second-order valence-corrected chi connectivity index (χ2v) is 5.43. The summed E-state index contributed by atoms with van der Waals surface area (Å²) in [6, 6.07) is 10.2. The van der Waals surface area contributed by atoms with Gasteiger partial charge in [0, 0.05) is 6.54 Å². The van der Waals surface area contributed by atoms with Crippen LogP contribution in [0.4, 0.5) is 4.39 Å². The summed E-state index contributed by atoms with van der Waals surface area (Å²) in [7, 11) is 1.40. The van der Waals surface area contributed by atoms with Crippen molar-refractivity contribution < 1.29 is 23.4 Å². The van der Waals surface area contributed by atoms with E-state index in [1.807, 2.05) is 18.2 Å². The van der Waals surface area contributed by atoms with Crippen LogP contribution in [0.3, 0.4) is 0 Å². The highest BCUT2D eigenvalue weighted by Crippen LogP contribution is 2.32. The van der Waals surface area contributed by atoms with Gasteiger partial charge >= 0.3 is 0 Å². The smallest absolute Gasteiger partial charge is 0.231 e. The first-order valence-corrected chi connectivity index (χ1v) is 7.63. The Labute approximate surface area is 139 Å². The van der Waals surface area contributed by atoms with Gasteiger partial charge in [-0.2, -0.15) is 0 Å². The molecule has 126 valence electrons. The van der Waals surface area contributed by atoms with Gasteiger partial charge in [-0.3, -0.25) is 4.79 Å². The number of benzene rings is 2. The lowest BCUT2D eigenvalue weighted by molar-refractivity contribution is -0.120. The summed E-state index contributed by atoms with van der Waals surface area (Å²) >= 11 is 0. The summed E-state index contributed by atoms with van der Waals surface area (Å²) in [6.45, 7) is 0.741. The number of carbonyl (C=O) groups excluding carboxylic acids is 1. The summed E-state index contributed by atoms with van der Waals surface area (Å²) in [4.78, 5) is 11.9. The van der Waals surface area contributed by atoms with Crippen molar-refractivity contribution in [3.63, 3.8) is 0 Å². The van der Waals surface area contributed by atoms with Crippen LogP contribution in [0.5, 0.6) is 17.2 Å². The van der Waals surface area contributed by atoms with Crippen molar-refractivity contribution >= 4 is 5.91 Å². The predicted octanol–water partition coefficient (Wildman–Crippen LogP) is 2.46. The highest BCUT2D eigenvalue weighted by Gasteiger charge is 2.13. The van der Waals surface area contributed by atoms with E-state index < -0.39 is 5.82 Å². The van der Waals surface area contributed by atoms with Crippen LogP contribution in [-0.2, 0) is 17.6 Å². The van der Waals surface area contributed by atoms with Crippen LogP contribution in [0.1, 0.15) is 11.1 Å². The fraction of sp³-hybridized carbons (Fsp3) is 0.278. The molecule has 24 heavy (non-hydrogen) atoms. The number of rotatable bonds is 6. The lowest BCUT2D eigenvalue weighted by Gasteiger charge is -2.07. The van der Waals surface area contributed by atoms with Gasteiger partial charge in [0.05, 0.1) is 13.5 Å². The van der Waals surface area contributed by atoms with Crippen LogP contribution >= 0.6 is 0 Å². The number of halogens is 1. The topological polar surface area (TPSA) is 56.8 Å². The van der Waals surface area contributed by atoms with Gasteiger partial charge < -0.3 is 19.5 Å². The van der Waals surface area contributed by atoms with E-state index in [0.29, 0.717) is 18.5 Å². The molecular formula is C18H18FNO4. The van der Waals surface area contributed by atoms with Gasteiger partial charge in [0.2, 0.25) is 12.7 Å². The number of hydrogen-bond donors (Lipinski definition) is 1. The van der Waals surface area contributed by atoms with Crippen molar-refractivity contribution in [3.8, 4) is 17.2 Å². The molecule has 1 N–H and O–H groups in total. The van der Waals surface area contributed by atoms with E-state index in [9.17, 15) is 9.18 Å². The number of hydrogen-bond acceptors (Lipinski definition) is 4. The van der Waals surface area contributed by atoms with E-state index in [-0.39, 0.29) is 24.9 Å². The first-order chi connectivity index (χ1) is 11.7. The normalized spacial score (nSPS) is 12.1. The molecule has 3 rings (SSSR count). The standard InChI is InChI=1S/C18H18FNO4/c1-22-15-4-3-13(8-14(15)19)10-18(21)20-7-6-12-2-5-16-17(9-12)24-11-23-16/h2-5,8-9H,6-7,10-11H2,1H3,(H,20,21). The first kappa shape index (κ1) is 16.1. The molecule has 1 aliphatic rings. The van der Waals surface area contributed by atoms with Gasteiger partial charge in [-0.05, 0) is 41.8 Å². The van der Waals surface area contributed by atoms with Gasteiger partial charge in [0.25, 0.3) is 0 Å². The van der Waals surface area contributed by atoms with Gasteiger partial charge in [0.15, 0.2) is 23.1 Å². The van der Waals surface area contributed by atoms with E-state index in [4.69, 9.17) is 14.2 Å². The summed E-state index contributed by atoms with van der Waals surface area (Å²) in [6.07, 6.45) is 0.807.